The molecule has 3 unspecified atom stereocenters. The fraction of sp³-hybridized carbons (Fsp3) is 0.846. The molecular formula is C13H24N4O. The Morgan fingerprint density at radius 1 is 1.39 bits per heavy atom. The molecule has 102 valence electrons. The fourth-order valence-electron chi connectivity index (χ4n) is 2.50. The Kier molecular flexibility index (Phi) is 4.72. The van der Waals surface area contributed by atoms with Crippen LogP contribution in [0.5, 0.6) is 0 Å². The Morgan fingerprint density at radius 3 is 2.89 bits per heavy atom. The predicted octanol–water partition coefficient (Wildman–Crippen LogP) is 1.58. The maximum absolute atomic E-state index is 5.93. The molecule has 0 spiro atoms. The van der Waals surface area contributed by atoms with Gasteiger partial charge in [0.1, 0.15) is 0 Å². The van der Waals surface area contributed by atoms with Crippen LogP contribution < -0.4 is 5.73 Å². The third-order valence-corrected chi connectivity index (χ3v) is 4.02. The highest BCUT2D eigenvalue weighted by Crippen LogP contribution is 2.30. The van der Waals surface area contributed by atoms with Crippen LogP contribution in [0.3, 0.4) is 0 Å². The minimum atomic E-state index is 0.425. The summed E-state index contributed by atoms with van der Waals surface area (Å²) in [5.74, 6) is 1.62. The molecule has 5 nitrogen and oxygen atoms in total. The number of ether oxygens (including phenoxy) is 1. The van der Waals surface area contributed by atoms with Crippen molar-refractivity contribution in [1.82, 2.24) is 15.0 Å². The van der Waals surface area contributed by atoms with E-state index in [9.17, 15) is 0 Å². The minimum Gasteiger partial charge on any atom is -0.376 e. The van der Waals surface area contributed by atoms with Gasteiger partial charge in [0.25, 0.3) is 0 Å². The van der Waals surface area contributed by atoms with Gasteiger partial charge in [0.15, 0.2) is 0 Å². The average molecular weight is 252 g/mol. The van der Waals surface area contributed by atoms with Crippen molar-refractivity contribution in [2.24, 2.45) is 17.6 Å². The van der Waals surface area contributed by atoms with Crippen molar-refractivity contribution in [1.29, 1.82) is 0 Å². The van der Waals surface area contributed by atoms with Crippen LogP contribution in [0.4, 0.5) is 0 Å². The molecule has 1 aliphatic carbocycles. The minimum absolute atomic E-state index is 0.425. The molecule has 2 N–H and O–H groups in total. The lowest BCUT2D eigenvalue weighted by Gasteiger charge is -2.31. The molecule has 18 heavy (non-hydrogen) atoms. The summed E-state index contributed by atoms with van der Waals surface area (Å²) in [5, 5.41) is 7.96. The molecule has 0 amide bonds. The Bertz CT molecular complexity index is 366. The SMILES string of the molecule is CC1CCC(OCCn2cc(CN)nn2)CC1C. The largest absolute Gasteiger partial charge is 0.376 e. The molecule has 1 aromatic rings. The third kappa shape index (κ3) is 3.53. The summed E-state index contributed by atoms with van der Waals surface area (Å²) in [7, 11) is 0. The molecule has 0 saturated heterocycles. The predicted molar refractivity (Wildman–Crippen MR) is 69.8 cm³/mol. The Morgan fingerprint density at radius 2 is 2.22 bits per heavy atom. The van der Waals surface area contributed by atoms with Crippen LogP contribution in [0.1, 0.15) is 38.8 Å². The van der Waals surface area contributed by atoms with Crippen LogP contribution in [0.15, 0.2) is 6.20 Å². The van der Waals surface area contributed by atoms with Crippen molar-refractivity contribution in [3.63, 3.8) is 0 Å². The monoisotopic (exact) mass is 252 g/mol. The molecule has 0 bridgehead atoms. The molecule has 0 aliphatic heterocycles. The van der Waals surface area contributed by atoms with Crippen molar-refractivity contribution in [3.05, 3.63) is 11.9 Å². The summed E-state index contributed by atoms with van der Waals surface area (Å²) in [6, 6.07) is 0. The summed E-state index contributed by atoms with van der Waals surface area (Å²) >= 11 is 0. The van der Waals surface area contributed by atoms with E-state index in [1.54, 1.807) is 4.68 Å². The van der Waals surface area contributed by atoms with E-state index >= 15 is 0 Å². The summed E-state index contributed by atoms with van der Waals surface area (Å²) in [6.45, 7) is 6.57. The van der Waals surface area contributed by atoms with Crippen molar-refractivity contribution in [2.75, 3.05) is 6.61 Å². The van der Waals surface area contributed by atoms with E-state index in [2.05, 4.69) is 24.2 Å². The lowest BCUT2D eigenvalue weighted by molar-refractivity contribution is -0.00184. The lowest BCUT2D eigenvalue weighted by Crippen LogP contribution is -2.27. The zero-order valence-corrected chi connectivity index (χ0v) is 11.4. The highest BCUT2D eigenvalue weighted by molar-refractivity contribution is 4.90. The van der Waals surface area contributed by atoms with Gasteiger partial charge < -0.3 is 10.5 Å². The standard InChI is InChI=1S/C13H24N4O/c1-10-3-4-13(7-11(10)2)18-6-5-17-9-12(8-14)15-16-17/h9-11,13H,3-8,14H2,1-2H3. The average Bonchev–Trinajstić information content (AvgIpc) is 2.82. The van der Waals surface area contributed by atoms with E-state index in [-0.39, 0.29) is 0 Å². The molecule has 0 aromatic carbocycles. The van der Waals surface area contributed by atoms with Crippen LogP contribution in [0.2, 0.25) is 0 Å². The van der Waals surface area contributed by atoms with Crippen molar-refractivity contribution < 1.29 is 4.74 Å². The van der Waals surface area contributed by atoms with Crippen LogP contribution in [-0.2, 0) is 17.8 Å². The topological polar surface area (TPSA) is 66.0 Å². The van der Waals surface area contributed by atoms with Crippen LogP contribution >= 0.6 is 0 Å². The first-order chi connectivity index (χ1) is 8.69. The van der Waals surface area contributed by atoms with E-state index in [4.69, 9.17) is 10.5 Å². The van der Waals surface area contributed by atoms with Gasteiger partial charge in [0, 0.05) is 12.7 Å². The third-order valence-electron chi connectivity index (χ3n) is 4.02. The van der Waals surface area contributed by atoms with Gasteiger partial charge in [-0.3, -0.25) is 0 Å². The number of hydrogen-bond donors (Lipinski definition) is 1. The van der Waals surface area contributed by atoms with Gasteiger partial charge in [0.05, 0.1) is 24.9 Å². The maximum Gasteiger partial charge on any atom is 0.0962 e. The number of aromatic nitrogens is 3. The van der Waals surface area contributed by atoms with Gasteiger partial charge in [-0.15, -0.1) is 5.10 Å². The first-order valence-electron chi connectivity index (χ1n) is 6.89. The van der Waals surface area contributed by atoms with E-state index in [1.165, 1.54) is 19.3 Å². The second-order valence-corrected chi connectivity index (χ2v) is 5.44. The zero-order chi connectivity index (χ0) is 13.0. The van der Waals surface area contributed by atoms with Gasteiger partial charge in [-0.05, 0) is 31.1 Å². The molecular weight excluding hydrogens is 228 g/mol. The molecule has 2 rings (SSSR count). The highest BCUT2D eigenvalue weighted by atomic mass is 16.5. The van der Waals surface area contributed by atoms with Crippen molar-refractivity contribution >= 4 is 0 Å². The Labute approximate surface area is 109 Å². The molecule has 1 aromatic heterocycles. The number of nitrogens with zero attached hydrogens (tertiary/aromatic N) is 3. The first-order valence-corrected chi connectivity index (χ1v) is 6.89. The van der Waals surface area contributed by atoms with Gasteiger partial charge in [-0.2, -0.15) is 0 Å². The normalized spacial score (nSPS) is 28.5. The molecule has 0 radical (unpaired) electrons. The number of hydrogen-bond acceptors (Lipinski definition) is 4. The Hall–Kier alpha value is -0.940. The smallest absolute Gasteiger partial charge is 0.0962 e. The van der Waals surface area contributed by atoms with E-state index in [0.29, 0.717) is 19.3 Å². The first kappa shape index (κ1) is 13.5. The maximum atomic E-state index is 5.93. The number of rotatable bonds is 5. The quantitative estimate of drug-likeness (QED) is 0.864. The molecule has 1 heterocycles. The van der Waals surface area contributed by atoms with E-state index in [0.717, 1.165) is 24.1 Å². The second kappa shape index (κ2) is 6.29. The zero-order valence-electron chi connectivity index (χ0n) is 11.4. The molecule has 1 aliphatic rings. The van der Waals surface area contributed by atoms with Crippen LogP contribution in [0.25, 0.3) is 0 Å². The molecule has 3 atom stereocenters. The van der Waals surface area contributed by atoms with Crippen molar-refractivity contribution in [3.8, 4) is 0 Å². The highest BCUT2D eigenvalue weighted by Gasteiger charge is 2.24. The van der Waals surface area contributed by atoms with E-state index < -0.39 is 0 Å². The van der Waals surface area contributed by atoms with E-state index in [1.807, 2.05) is 6.20 Å². The van der Waals surface area contributed by atoms with Gasteiger partial charge in [0.2, 0.25) is 0 Å². The van der Waals surface area contributed by atoms with Gasteiger partial charge >= 0.3 is 0 Å². The molecule has 1 saturated carbocycles. The fourth-order valence-corrected chi connectivity index (χ4v) is 2.50. The number of nitrogens with two attached hydrogens (primary N) is 1. The van der Waals surface area contributed by atoms with Gasteiger partial charge in [-0.25, -0.2) is 4.68 Å². The summed E-state index contributed by atoms with van der Waals surface area (Å²) in [5.41, 5.74) is 6.32. The summed E-state index contributed by atoms with van der Waals surface area (Å²) < 4.78 is 7.73. The summed E-state index contributed by atoms with van der Waals surface area (Å²) in [4.78, 5) is 0. The van der Waals surface area contributed by atoms with Gasteiger partial charge in [-0.1, -0.05) is 19.1 Å². The summed E-state index contributed by atoms with van der Waals surface area (Å²) in [6.07, 6.45) is 5.97. The molecule has 1 fully saturated rings. The Balaban J connectivity index is 1.69. The van der Waals surface area contributed by atoms with Crippen LogP contribution in [-0.4, -0.2) is 27.7 Å². The second-order valence-electron chi connectivity index (χ2n) is 5.44. The van der Waals surface area contributed by atoms with Crippen molar-refractivity contribution in [2.45, 2.75) is 52.3 Å². The molecule has 5 heteroatoms. The lowest BCUT2D eigenvalue weighted by atomic mass is 9.80. The van der Waals surface area contributed by atoms with Crippen LogP contribution in [0, 0.1) is 11.8 Å².